The van der Waals surface area contributed by atoms with Crippen LogP contribution in [0.1, 0.15) is 56.9 Å². The maximum Gasteiger partial charge on any atom is 0.306 e. The van der Waals surface area contributed by atoms with Crippen molar-refractivity contribution in [2.24, 2.45) is 5.92 Å². The molecule has 0 aromatic heterocycles. The van der Waals surface area contributed by atoms with E-state index in [1.54, 1.807) is 0 Å². The first-order valence-electron chi connectivity index (χ1n) is 7.52. The summed E-state index contributed by atoms with van der Waals surface area (Å²) in [6.07, 6.45) is 6.98. The van der Waals surface area contributed by atoms with Gasteiger partial charge in [0.05, 0.1) is 13.0 Å². The van der Waals surface area contributed by atoms with Gasteiger partial charge in [0.2, 0.25) is 0 Å². The second-order valence-corrected chi connectivity index (χ2v) is 5.42. The molecule has 0 amide bonds. The van der Waals surface area contributed by atoms with Crippen LogP contribution in [0.5, 0.6) is 0 Å². The Labute approximate surface area is 116 Å². The van der Waals surface area contributed by atoms with Gasteiger partial charge in [-0.2, -0.15) is 0 Å². The first-order chi connectivity index (χ1) is 9.31. The Hall–Kier alpha value is -1.31. The Bertz CT molecular complexity index is 380. The third-order valence-electron chi connectivity index (χ3n) is 4.14. The number of esters is 1. The van der Waals surface area contributed by atoms with E-state index in [-0.39, 0.29) is 5.97 Å². The van der Waals surface area contributed by atoms with Crippen LogP contribution in [0.25, 0.3) is 0 Å². The van der Waals surface area contributed by atoms with E-state index in [2.05, 4.69) is 24.3 Å². The molecule has 1 aromatic carbocycles. The summed E-state index contributed by atoms with van der Waals surface area (Å²) in [6.45, 7) is 2.35. The van der Waals surface area contributed by atoms with Crippen LogP contribution in [0.3, 0.4) is 0 Å². The summed E-state index contributed by atoms with van der Waals surface area (Å²) in [5.41, 5.74) is 1.29. The molecule has 1 aromatic rings. The molecule has 1 aliphatic rings. The molecule has 1 atom stereocenters. The first kappa shape index (κ1) is 14.1. The van der Waals surface area contributed by atoms with Crippen LogP contribution >= 0.6 is 0 Å². The number of ether oxygens (including phenoxy) is 1. The van der Waals surface area contributed by atoms with Crippen molar-refractivity contribution in [3.05, 3.63) is 35.9 Å². The zero-order valence-corrected chi connectivity index (χ0v) is 11.8. The van der Waals surface area contributed by atoms with E-state index < -0.39 is 0 Å². The molecule has 2 rings (SSSR count). The van der Waals surface area contributed by atoms with Crippen LogP contribution in [-0.2, 0) is 9.53 Å². The van der Waals surface area contributed by atoms with Crippen molar-refractivity contribution in [2.75, 3.05) is 6.61 Å². The highest BCUT2D eigenvalue weighted by molar-refractivity contribution is 5.70. The van der Waals surface area contributed by atoms with Crippen molar-refractivity contribution in [2.45, 2.75) is 51.4 Å². The van der Waals surface area contributed by atoms with Gasteiger partial charge in [-0.15, -0.1) is 0 Å². The highest BCUT2D eigenvalue weighted by Gasteiger charge is 2.27. The predicted molar refractivity (Wildman–Crippen MR) is 77.0 cm³/mol. The fourth-order valence-electron chi connectivity index (χ4n) is 3.19. The van der Waals surface area contributed by atoms with Gasteiger partial charge >= 0.3 is 5.97 Å². The number of benzene rings is 1. The normalized spacial score (nSPS) is 17.9. The number of carbonyl (C=O) groups excluding carboxylic acids is 1. The second kappa shape index (κ2) is 7.32. The molecule has 2 heteroatoms. The molecule has 2 nitrogen and oxygen atoms in total. The Morgan fingerprint density at radius 3 is 2.53 bits per heavy atom. The van der Waals surface area contributed by atoms with Crippen molar-refractivity contribution in [3.63, 3.8) is 0 Å². The third kappa shape index (κ3) is 4.09. The summed E-state index contributed by atoms with van der Waals surface area (Å²) in [4.78, 5) is 11.8. The number of carbonyl (C=O) groups is 1. The Morgan fingerprint density at radius 2 is 1.89 bits per heavy atom. The molecule has 0 spiro atoms. The van der Waals surface area contributed by atoms with E-state index in [1.165, 1.54) is 37.7 Å². The highest BCUT2D eigenvalue weighted by atomic mass is 16.5. The van der Waals surface area contributed by atoms with Crippen LogP contribution < -0.4 is 0 Å². The van der Waals surface area contributed by atoms with E-state index in [0.717, 1.165) is 0 Å². The SMILES string of the molecule is CCOC(=O)CC(c1ccccc1)C1CCCCC1. The Balaban J connectivity index is 2.10. The molecule has 19 heavy (non-hydrogen) atoms. The molecular formula is C17H24O2. The minimum absolute atomic E-state index is 0.0538. The maximum absolute atomic E-state index is 11.8. The molecule has 0 bridgehead atoms. The molecule has 1 aliphatic carbocycles. The van der Waals surface area contributed by atoms with Crippen molar-refractivity contribution < 1.29 is 9.53 Å². The van der Waals surface area contributed by atoms with E-state index in [1.807, 2.05) is 13.0 Å². The molecule has 0 N–H and O–H groups in total. The van der Waals surface area contributed by atoms with Gasteiger partial charge < -0.3 is 4.74 Å². The van der Waals surface area contributed by atoms with Crippen molar-refractivity contribution >= 4 is 5.97 Å². The third-order valence-corrected chi connectivity index (χ3v) is 4.14. The Morgan fingerprint density at radius 1 is 1.21 bits per heavy atom. The summed E-state index contributed by atoms with van der Waals surface area (Å²) in [5.74, 6) is 0.919. The molecule has 1 fully saturated rings. The number of hydrogen-bond acceptors (Lipinski definition) is 2. The second-order valence-electron chi connectivity index (χ2n) is 5.42. The standard InChI is InChI=1S/C17H24O2/c1-2-19-17(18)13-16(14-9-5-3-6-10-14)15-11-7-4-8-12-15/h3,5-6,9-10,15-16H,2,4,7-8,11-13H2,1H3. The average molecular weight is 260 g/mol. The minimum atomic E-state index is -0.0538. The van der Waals surface area contributed by atoms with Gasteiger partial charge in [-0.05, 0) is 37.2 Å². The smallest absolute Gasteiger partial charge is 0.306 e. The van der Waals surface area contributed by atoms with Crippen LogP contribution in [0, 0.1) is 5.92 Å². The van der Waals surface area contributed by atoms with Gasteiger partial charge in [0.1, 0.15) is 0 Å². The van der Waals surface area contributed by atoms with Crippen LogP contribution in [0.4, 0.5) is 0 Å². The molecule has 104 valence electrons. The van der Waals surface area contributed by atoms with E-state index >= 15 is 0 Å². The minimum Gasteiger partial charge on any atom is -0.466 e. The van der Waals surface area contributed by atoms with E-state index in [0.29, 0.717) is 24.9 Å². The lowest BCUT2D eigenvalue weighted by Gasteiger charge is -2.30. The predicted octanol–water partition coefficient (Wildman–Crippen LogP) is 4.30. The first-order valence-corrected chi connectivity index (χ1v) is 7.52. The van der Waals surface area contributed by atoms with Crippen molar-refractivity contribution in [1.82, 2.24) is 0 Å². The quantitative estimate of drug-likeness (QED) is 0.738. The zero-order chi connectivity index (χ0) is 13.5. The molecule has 0 radical (unpaired) electrons. The van der Waals surface area contributed by atoms with Crippen molar-refractivity contribution in [3.8, 4) is 0 Å². The monoisotopic (exact) mass is 260 g/mol. The van der Waals surface area contributed by atoms with E-state index in [9.17, 15) is 4.79 Å². The molecule has 0 saturated heterocycles. The van der Waals surface area contributed by atoms with Gasteiger partial charge in [-0.3, -0.25) is 4.79 Å². The summed E-state index contributed by atoms with van der Waals surface area (Å²) >= 11 is 0. The van der Waals surface area contributed by atoms with Crippen LogP contribution in [0.2, 0.25) is 0 Å². The van der Waals surface area contributed by atoms with Gasteiger partial charge in [-0.25, -0.2) is 0 Å². The lowest BCUT2D eigenvalue weighted by atomic mass is 9.75. The lowest BCUT2D eigenvalue weighted by molar-refractivity contribution is -0.144. The van der Waals surface area contributed by atoms with Crippen LogP contribution in [0.15, 0.2) is 30.3 Å². The summed E-state index contributed by atoms with van der Waals surface area (Å²) in [5, 5.41) is 0. The lowest BCUT2D eigenvalue weighted by Crippen LogP contribution is -2.20. The molecule has 0 heterocycles. The molecule has 1 unspecified atom stereocenters. The zero-order valence-electron chi connectivity index (χ0n) is 11.8. The highest BCUT2D eigenvalue weighted by Crippen LogP contribution is 2.38. The maximum atomic E-state index is 11.8. The number of hydrogen-bond donors (Lipinski definition) is 0. The van der Waals surface area contributed by atoms with Crippen LogP contribution in [-0.4, -0.2) is 12.6 Å². The molecule has 0 aliphatic heterocycles. The largest absolute Gasteiger partial charge is 0.466 e. The fourth-order valence-corrected chi connectivity index (χ4v) is 3.19. The van der Waals surface area contributed by atoms with Gasteiger partial charge in [-0.1, -0.05) is 49.6 Å². The van der Waals surface area contributed by atoms with Gasteiger partial charge in [0.25, 0.3) is 0 Å². The molecular weight excluding hydrogens is 236 g/mol. The van der Waals surface area contributed by atoms with Gasteiger partial charge in [0.15, 0.2) is 0 Å². The van der Waals surface area contributed by atoms with Gasteiger partial charge in [0, 0.05) is 0 Å². The average Bonchev–Trinajstić information content (AvgIpc) is 2.47. The van der Waals surface area contributed by atoms with Crippen molar-refractivity contribution in [1.29, 1.82) is 0 Å². The fraction of sp³-hybridized carbons (Fsp3) is 0.588. The summed E-state index contributed by atoms with van der Waals surface area (Å²) < 4.78 is 5.15. The summed E-state index contributed by atoms with van der Waals surface area (Å²) in [6, 6.07) is 10.5. The topological polar surface area (TPSA) is 26.3 Å². The van der Waals surface area contributed by atoms with E-state index in [4.69, 9.17) is 4.74 Å². The number of rotatable bonds is 5. The summed E-state index contributed by atoms with van der Waals surface area (Å²) in [7, 11) is 0. The molecule has 1 saturated carbocycles. The Kier molecular flexibility index (Phi) is 5.44.